The first-order chi connectivity index (χ1) is 11.0. The van der Waals surface area contributed by atoms with E-state index in [4.69, 9.17) is 16.2 Å². The number of hydrogen-bond acceptors (Lipinski definition) is 5. The van der Waals surface area contributed by atoms with Gasteiger partial charge in [-0.05, 0) is 30.9 Å². The summed E-state index contributed by atoms with van der Waals surface area (Å²) in [6.45, 7) is 0.508. The number of anilines is 1. The second kappa shape index (κ2) is 7.41. The summed E-state index contributed by atoms with van der Waals surface area (Å²) >= 11 is 0. The average molecular weight is 320 g/mol. The second-order valence-electron chi connectivity index (χ2n) is 6.13. The van der Waals surface area contributed by atoms with Gasteiger partial charge < -0.3 is 21.5 Å². The number of carbonyl (C=O) groups excluding carboxylic acids is 2. The summed E-state index contributed by atoms with van der Waals surface area (Å²) < 4.78 is 4.98. The lowest BCUT2D eigenvalue weighted by Gasteiger charge is -2.35. The molecule has 7 nitrogen and oxygen atoms in total. The molecular weight excluding hydrogens is 296 g/mol. The molecule has 0 atom stereocenters. The molecule has 0 bridgehead atoms. The number of methoxy groups -OCH3 is 1. The Balaban J connectivity index is 2.07. The molecule has 0 aromatic carbocycles. The number of rotatable bonds is 6. The third kappa shape index (κ3) is 4.19. The van der Waals surface area contributed by atoms with E-state index in [2.05, 4.69) is 10.3 Å². The van der Waals surface area contributed by atoms with E-state index in [9.17, 15) is 9.59 Å². The maximum atomic E-state index is 12.3. The molecule has 2 amide bonds. The van der Waals surface area contributed by atoms with Gasteiger partial charge in [0.05, 0.1) is 19.0 Å². The molecule has 0 saturated heterocycles. The lowest BCUT2D eigenvalue weighted by atomic mass is 9.71. The molecular formula is C16H24N4O3. The Bertz CT molecular complexity index is 583. The van der Waals surface area contributed by atoms with E-state index >= 15 is 0 Å². The van der Waals surface area contributed by atoms with Gasteiger partial charge in [-0.25, -0.2) is 4.98 Å². The van der Waals surface area contributed by atoms with Gasteiger partial charge in [0.25, 0.3) is 5.91 Å². The molecule has 0 unspecified atom stereocenters. The van der Waals surface area contributed by atoms with Crippen LogP contribution in [0.25, 0.3) is 0 Å². The van der Waals surface area contributed by atoms with Crippen molar-refractivity contribution in [1.29, 1.82) is 0 Å². The van der Waals surface area contributed by atoms with Crippen LogP contribution in [0.4, 0.5) is 5.69 Å². The number of nitrogens with zero attached hydrogens (tertiary/aromatic N) is 1. The molecule has 1 saturated carbocycles. The van der Waals surface area contributed by atoms with Gasteiger partial charge in [-0.1, -0.05) is 19.3 Å². The van der Waals surface area contributed by atoms with E-state index in [1.54, 1.807) is 0 Å². The highest BCUT2D eigenvalue weighted by molar-refractivity contribution is 5.97. The van der Waals surface area contributed by atoms with Crippen molar-refractivity contribution < 1.29 is 14.3 Å². The summed E-state index contributed by atoms with van der Waals surface area (Å²) in [4.78, 5) is 27.7. The van der Waals surface area contributed by atoms with Crippen molar-refractivity contribution in [3.8, 4) is 5.88 Å². The lowest BCUT2D eigenvalue weighted by Crippen LogP contribution is -2.36. The molecule has 1 aliphatic carbocycles. The molecule has 0 aliphatic heterocycles. The lowest BCUT2D eigenvalue weighted by molar-refractivity contribution is -0.118. The van der Waals surface area contributed by atoms with Crippen molar-refractivity contribution in [2.24, 2.45) is 16.9 Å². The number of hydrogen-bond donors (Lipinski definition) is 3. The first kappa shape index (κ1) is 17.2. The highest BCUT2D eigenvalue weighted by Crippen LogP contribution is 2.38. The number of nitrogens with one attached hydrogen (secondary N) is 1. The van der Waals surface area contributed by atoms with Crippen molar-refractivity contribution in [2.45, 2.75) is 38.5 Å². The number of nitrogens with two attached hydrogens (primary N) is 2. The van der Waals surface area contributed by atoms with E-state index in [0.29, 0.717) is 18.7 Å². The van der Waals surface area contributed by atoms with Crippen LogP contribution in [0.5, 0.6) is 5.88 Å². The quantitative estimate of drug-likeness (QED) is 0.732. The summed E-state index contributed by atoms with van der Waals surface area (Å²) in [6, 6.07) is 1.47. The molecule has 23 heavy (non-hydrogen) atoms. The fourth-order valence-electron chi connectivity index (χ4n) is 3.16. The van der Waals surface area contributed by atoms with Crippen LogP contribution < -0.4 is 21.5 Å². The number of amides is 2. The third-order valence-electron chi connectivity index (χ3n) is 4.48. The number of ether oxygens (including phenoxy) is 1. The Morgan fingerprint density at radius 3 is 2.61 bits per heavy atom. The van der Waals surface area contributed by atoms with E-state index in [1.807, 2.05) is 0 Å². The van der Waals surface area contributed by atoms with Crippen LogP contribution in [0.2, 0.25) is 0 Å². The molecule has 1 aromatic rings. The van der Waals surface area contributed by atoms with Crippen LogP contribution >= 0.6 is 0 Å². The highest BCUT2D eigenvalue weighted by atomic mass is 16.5. The van der Waals surface area contributed by atoms with Crippen LogP contribution in [0.1, 0.15) is 48.9 Å². The molecule has 0 spiro atoms. The number of primary amides is 1. The number of pyridine rings is 1. The zero-order valence-corrected chi connectivity index (χ0v) is 13.4. The molecule has 5 N–H and O–H groups in total. The minimum atomic E-state index is -0.656. The molecule has 126 valence electrons. The maximum Gasteiger partial charge on any atom is 0.254 e. The summed E-state index contributed by atoms with van der Waals surface area (Å²) in [6.07, 6.45) is 7.20. The van der Waals surface area contributed by atoms with Gasteiger partial charge in [0.1, 0.15) is 5.56 Å². The Labute approximate surface area is 135 Å². The van der Waals surface area contributed by atoms with Gasteiger partial charge in [0.15, 0.2) is 0 Å². The van der Waals surface area contributed by atoms with Crippen LogP contribution in [0.15, 0.2) is 12.3 Å². The predicted molar refractivity (Wildman–Crippen MR) is 87.1 cm³/mol. The first-order valence-electron chi connectivity index (χ1n) is 7.83. The largest absolute Gasteiger partial charge is 0.480 e. The summed E-state index contributed by atoms with van der Waals surface area (Å²) in [7, 11) is 1.40. The smallest absolute Gasteiger partial charge is 0.254 e. The van der Waals surface area contributed by atoms with Crippen molar-refractivity contribution in [3.63, 3.8) is 0 Å². The van der Waals surface area contributed by atoms with Crippen LogP contribution in [-0.4, -0.2) is 30.5 Å². The average Bonchev–Trinajstić information content (AvgIpc) is 2.55. The van der Waals surface area contributed by atoms with Gasteiger partial charge in [-0.3, -0.25) is 9.59 Å². The SMILES string of the molecule is COc1ncc(NC(=O)CC2(CN)CCCCC2)cc1C(N)=O. The topological polar surface area (TPSA) is 120 Å². The molecule has 7 heteroatoms. The molecule has 1 fully saturated rings. The standard InChI is InChI=1S/C16H24N4O3/c1-23-15-12(14(18)22)7-11(9-19-15)20-13(21)8-16(10-17)5-3-2-4-6-16/h7,9H,2-6,8,10,17H2,1H3,(H2,18,22)(H,20,21). The number of carbonyl (C=O) groups is 2. The zero-order valence-electron chi connectivity index (χ0n) is 13.4. The second-order valence-corrected chi connectivity index (χ2v) is 6.13. The predicted octanol–water partition coefficient (Wildman–Crippen LogP) is 1.43. The molecule has 1 aromatic heterocycles. The van der Waals surface area contributed by atoms with Gasteiger partial charge in [-0.15, -0.1) is 0 Å². The van der Waals surface area contributed by atoms with Crippen LogP contribution in [0, 0.1) is 5.41 Å². The monoisotopic (exact) mass is 320 g/mol. The normalized spacial score (nSPS) is 16.6. The fraction of sp³-hybridized carbons (Fsp3) is 0.562. The summed E-state index contributed by atoms with van der Waals surface area (Å²) in [5.41, 5.74) is 11.6. The Morgan fingerprint density at radius 1 is 1.35 bits per heavy atom. The highest BCUT2D eigenvalue weighted by Gasteiger charge is 2.33. The van der Waals surface area contributed by atoms with Gasteiger partial charge >= 0.3 is 0 Å². The van der Waals surface area contributed by atoms with E-state index in [0.717, 1.165) is 25.7 Å². The van der Waals surface area contributed by atoms with Gasteiger partial charge in [0.2, 0.25) is 11.8 Å². The fourth-order valence-corrected chi connectivity index (χ4v) is 3.16. The van der Waals surface area contributed by atoms with Crippen molar-refractivity contribution in [3.05, 3.63) is 17.8 Å². The van der Waals surface area contributed by atoms with Crippen LogP contribution in [0.3, 0.4) is 0 Å². The third-order valence-corrected chi connectivity index (χ3v) is 4.48. The summed E-state index contributed by atoms with van der Waals surface area (Å²) in [5.74, 6) is -0.642. The Hall–Kier alpha value is -2.15. The molecule has 1 aliphatic rings. The zero-order chi connectivity index (χ0) is 16.9. The van der Waals surface area contributed by atoms with E-state index in [1.165, 1.54) is 25.8 Å². The molecule has 2 rings (SSSR count). The minimum Gasteiger partial charge on any atom is -0.480 e. The Morgan fingerprint density at radius 2 is 2.04 bits per heavy atom. The van der Waals surface area contributed by atoms with Crippen molar-refractivity contribution in [1.82, 2.24) is 4.98 Å². The maximum absolute atomic E-state index is 12.3. The van der Waals surface area contributed by atoms with Gasteiger partial charge in [0, 0.05) is 6.42 Å². The molecule has 0 radical (unpaired) electrons. The van der Waals surface area contributed by atoms with Crippen molar-refractivity contribution in [2.75, 3.05) is 19.0 Å². The molecule has 1 heterocycles. The van der Waals surface area contributed by atoms with Gasteiger partial charge in [-0.2, -0.15) is 0 Å². The van der Waals surface area contributed by atoms with E-state index < -0.39 is 5.91 Å². The van der Waals surface area contributed by atoms with Crippen LogP contribution in [-0.2, 0) is 4.79 Å². The van der Waals surface area contributed by atoms with Crippen molar-refractivity contribution >= 4 is 17.5 Å². The first-order valence-corrected chi connectivity index (χ1v) is 7.83. The number of aromatic nitrogens is 1. The minimum absolute atomic E-state index is 0.116. The summed E-state index contributed by atoms with van der Waals surface area (Å²) in [5, 5.41) is 2.77. The van der Waals surface area contributed by atoms with E-state index in [-0.39, 0.29) is 22.8 Å². The Kier molecular flexibility index (Phi) is 5.54.